The highest BCUT2D eigenvalue weighted by atomic mass is 16.7. The second-order valence-electron chi connectivity index (χ2n) is 6.49. The second-order valence-corrected chi connectivity index (χ2v) is 6.49. The maximum absolute atomic E-state index is 12.8. The van der Waals surface area contributed by atoms with E-state index in [1.54, 1.807) is 0 Å². The Hall–Kier alpha value is -2.49. The molecule has 2 aromatic carbocycles. The minimum Gasteiger partial charge on any atom is -0.454 e. The molecule has 1 amide bonds. The Kier molecular flexibility index (Phi) is 3.89. The van der Waals surface area contributed by atoms with Gasteiger partial charge in [0, 0.05) is 0 Å². The van der Waals surface area contributed by atoms with E-state index in [-0.39, 0.29) is 24.7 Å². The summed E-state index contributed by atoms with van der Waals surface area (Å²) in [7, 11) is 0. The molecule has 2 aromatic rings. The Morgan fingerprint density at radius 3 is 2.92 bits per heavy atom. The lowest BCUT2D eigenvalue weighted by Gasteiger charge is -2.26. The summed E-state index contributed by atoms with van der Waals surface area (Å²) in [5.41, 5.74) is 3.51. The van der Waals surface area contributed by atoms with Crippen LogP contribution in [0.15, 0.2) is 42.5 Å². The van der Waals surface area contributed by atoms with Crippen molar-refractivity contribution in [1.29, 1.82) is 0 Å². The van der Waals surface area contributed by atoms with Gasteiger partial charge < -0.3 is 14.8 Å². The van der Waals surface area contributed by atoms with Crippen LogP contribution in [0, 0.1) is 0 Å². The Labute approximate surface area is 141 Å². The minimum absolute atomic E-state index is 0.0496. The molecule has 4 rings (SSSR count). The van der Waals surface area contributed by atoms with Gasteiger partial charge in [0.25, 0.3) is 0 Å². The van der Waals surface area contributed by atoms with Gasteiger partial charge in [-0.3, -0.25) is 4.79 Å². The van der Waals surface area contributed by atoms with Gasteiger partial charge in [-0.1, -0.05) is 30.3 Å². The first-order valence-electron chi connectivity index (χ1n) is 8.50. The van der Waals surface area contributed by atoms with Gasteiger partial charge in [-0.05, 0) is 55.0 Å². The quantitative estimate of drug-likeness (QED) is 0.936. The van der Waals surface area contributed by atoms with Crippen LogP contribution in [0.1, 0.15) is 48.4 Å². The molecular weight excluding hydrogens is 302 g/mol. The molecule has 2 aliphatic rings. The van der Waals surface area contributed by atoms with E-state index in [0.717, 1.165) is 36.3 Å². The summed E-state index contributed by atoms with van der Waals surface area (Å²) in [6.45, 7) is 2.27. The van der Waals surface area contributed by atoms with Gasteiger partial charge in [0.1, 0.15) is 0 Å². The van der Waals surface area contributed by atoms with Crippen molar-refractivity contribution >= 4 is 5.91 Å². The molecule has 24 heavy (non-hydrogen) atoms. The number of nitrogens with one attached hydrogen (secondary N) is 1. The fourth-order valence-corrected chi connectivity index (χ4v) is 3.61. The third-order valence-electron chi connectivity index (χ3n) is 4.94. The summed E-state index contributed by atoms with van der Waals surface area (Å²) < 4.78 is 10.8. The van der Waals surface area contributed by atoms with E-state index >= 15 is 0 Å². The van der Waals surface area contributed by atoms with Crippen molar-refractivity contribution in [2.45, 2.75) is 38.1 Å². The monoisotopic (exact) mass is 323 g/mol. The molecular formula is C20H21NO3. The van der Waals surface area contributed by atoms with E-state index in [1.165, 1.54) is 11.1 Å². The molecule has 4 nitrogen and oxygen atoms in total. The first-order valence-corrected chi connectivity index (χ1v) is 8.50. The van der Waals surface area contributed by atoms with Gasteiger partial charge in [0.05, 0.1) is 12.0 Å². The van der Waals surface area contributed by atoms with E-state index in [2.05, 4.69) is 17.4 Å². The van der Waals surface area contributed by atoms with Crippen LogP contribution in [0.3, 0.4) is 0 Å². The van der Waals surface area contributed by atoms with Crippen LogP contribution in [-0.4, -0.2) is 12.7 Å². The lowest BCUT2D eigenvalue weighted by atomic mass is 9.82. The van der Waals surface area contributed by atoms with Crippen LogP contribution >= 0.6 is 0 Å². The Morgan fingerprint density at radius 2 is 2.00 bits per heavy atom. The molecule has 1 N–H and O–H groups in total. The predicted molar refractivity (Wildman–Crippen MR) is 91.2 cm³/mol. The average molecular weight is 323 g/mol. The van der Waals surface area contributed by atoms with E-state index in [9.17, 15) is 4.79 Å². The number of benzene rings is 2. The molecule has 124 valence electrons. The number of amides is 1. The van der Waals surface area contributed by atoms with Gasteiger partial charge in [-0.25, -0.2) is 0 Å². The number of carbonyl (C=O) groups excluding carboxylic acids is 1. The summed E-state index contributed by atoms with van der Waals surface area (Å²) in [4.78, 5) is 12.8. The van der Waals surface area contributed by atoms with E-state index in [1.807, 2.05) is 37.3 Å². The number of aryl methyl sites for hydroxylation is 1. The fraction of sp³-hybridized carbons (Fsp3) is 0.350. The van der Waals surface area contributed by atoms with Crippen molar-refractivity contribution in [2.75, 3.05) is 6.79 Å². The molecule has 0 spiro atoms. The first-order chi connectivity index (χ1) is 11.7. The normalized spacial score (nSPS) is 19.5. The van der Waals surface area contributed by atoms with Crippen LogP contribution in [-0.2, 0) is 11.2 Å². The molecule has 0 bridgehead atoms. The second kappa shape index (κ2) is 6.19. The zero-order chi connectivity index (χ0) is 16.5. The lowest BCUT2D eigenvalue weighted by molar-refractivity contribution is -0.123. The summed E-state index contributed by atoms with van der Waals surface area (Å²) in [5, 5.41) is 3.16. The minimum atomic E-state index is -0.0684. The standard InChI is InChI=1S/C20H21NO3/c1-13(15-9-10-18-19(11-15)24-12-23-18)21-20(22)17-8-4-6-14-5-2-3-7-16(14)17/h2-3,5,7,9-11,13,17H,4,6,8,12H2,1H3,(H,21,22). The molecule has 1 heterocycles. The van der Waals surface area contributed by atoms with Gasteiger partial charge in [0.2, 0.25) is 12.7 Å². The smallest absolute Gasteiger partial charge is 0.231 e. The number of hydrogen-bond acceptors (Lipinski definition) is 3. The summed E-state index contributed by atoms with van der Waals surface area (Å²) >= 11 is 0. The number of ether oxygens (including phenoxy) is 2. The average Bonchev–Trinajstić information content (AvgIpc) is 3.08. The van der Waals surface area contributed by atoms with Gasteiger partial charge in [-0.2, -0.15) is 0 Å². The van der Waals surface area contributed by atoms with E-state index in [4.69, 9.17) is 9.47 Å². The van der Waals surface area contributed by atoms with Crippen LogP contribution in [0.4, 0.5) is 0 Å². The molecule has 1 aliphatic heterocycles. The first kappa shape index (κ1) is 15.1. The SMILES string of the molecule is CC(NC(=O)C1CCCc2ccccc21)c1ccc2c(c1)OCO2. The Bertz CT molecular complexity index is 771. The zero-order valence-corrected chi connectivity index (χ0v) is 13.7. The maximum atomic E-state index is 12.8. The molecule has 1 aliphatic carbocycles. The van der Waals surface area contributed by atoms with Crippen LogP contribution in [0.25, 0.3) is 0 Å². The highest BCUT2D eigenvalue weighted by molar-refractivity contribution is 5.84. The van der Waals surface area contributed by atoms with Crippen molar-refractivity contribution in [3.05, 3.63) is 59.2 Å². The molecule has 0 radical (unpaired) electrons. The van der Waals surface area contributed by atoms with Crippen molar-refractivity contribution in [2.24, 2.45) is 0 Å². The van der Waals surface area contributed by atoms with E-state index in [0.29, 0.717) is 0 Å². The predicted octanol–water partition coefficient (Wildman–Crippen LogP) is 3.71. The van der Waals surface area contributed by atoms with Crippen LogP contribution in [0.5, 0.6) is 11.5 Å². The fourth-order valence-electron chi connectivity index (χ4n) is 3.61. The van der Waals surface area contributed by atoms with Gasteiger partial charge >= 0.3 is 0 Å². The molecule has 2 atom stereocenters. The Balaban J connectivity index is 1.50. The molecule has 0 saturated carbocycles. The van der Waals surface area contributed by atoms with Crippen LogP contribution in [0.2, 0.25) is 0 Å². The van der Waals surface area contributed by atoms with Gasteiger partial charge in [0.15, 0.2) is 11.5 Å². The topological polar surface area (TPSA) is 47.6 Å². The molecule has 0 fully saturated rings. The molecule has 0 aromatic heterocycles. The third kappa shape index (κ3) is 2.73. The summed E-state index contributed by atoms with van der Waals surface area (Å²) in [6, 6.07) is 14.0. The van der Waals surface area contributed by atoms with Crippen molar-refractivity contribution < 1.29 is 14.3 Å². The summed E-state index contributed by atoms with van der Waals surface area (Å²) in [5.74, 6) is 1.56. The highest BCUT2D eigenvalue weighted by Gasteiger charge is 2.27. The maximum Gasteiger partial charge on any atom is 0.231 e. The third-order valence-corrected chi connectivity index (χ3v) is 4.94. The van der Waals surface area contributed by atoms with Crippen molar-refractivity contribution in [3.8, 4) is 11.5 Å². The zero-order valence-electron chi connectivity index (χ0n) is 13.7. The lowest BCUT2D eigenvalue weighted by Crippen LogP contribution is -2.33. The summed E-state index contributed by atoms with van der Waals surface area (Å²) in [6.07, 6.45) is 3.04. The van der Waals surface area contributed by atoms with Crippen LogP contribution < -0.4 is 14.8 Å². The van der Waals surface area contributed by atoms with Crippen molar-refractivity contribution in [1.82, 2.24) is 5.32 Å². The molecule has 4 heteroatoms. The van der Waals surface area contributed by atoms with E-state index < -0.39 is 0 Å². The number of fused-ring (bicyclic) bond motifs is 2. The molecule has 0 saturated heterocycles. The van der Waals surface area contributed by atoms with Crippen molar-refractivity contribution in [3.63, 3.8) is 0 Å². The number of hydrogen-bond donors (Lipinski definition) is 1. The largest absolute Gasteiger partial charge is 0.454 e. The molecule has 2 unspecified atom stereocenters. The van der Waals surface area contributed by atoms with Gasteiger partial charge in [-0.15, -0.1) is 0 Å². The number of rotatable bonds is 3. The number of carbonyl (C=O) groups is 1. The Morgan fingerprint density at radius 1 is 1.17 bits per heavy atom. The highest BCUT2D eigenvalue weighted by Crippen LogP contribution is 2.35.